The molecule has 7 nitrogen and oxygen atoms in total. The van der Waals surface area contributed by atoms with Crippen LogP contribution in [0.1, 0.15) is 20.7 Å². The second-order valence-electron chi connectivity index (χ2n) is 5.77. The summed E-state index contributed by atoms with van der Waals surface area (Å²) < 4.78 is 4.92. The third kappa shape index (κ3) is 4.39. The molecule has 0 radical (unpaired) electrons. The summed E-state index contributed by atoms with van der Waals surface area (Å²) in [4.78, 5) is 32.1. The van der Waals surface area contributed by atoms with Gasteiger partial charge in [-0.15, -0.1) is 0 Å². The highest BCUT2D eigenvalue weighted by Crippen LogP contribution is 2.30. The topological polar surface area (TPSA) is 96.1 Å². The van der Waals surface area contributed by atoms with Crippen LogP contribution in [-0.2, 0) is 4.74 Å². The molecule has 0 aliphatic carbocycles. The van der Waals surface area contributed by atoms with Crippen molar-refractivity contribution in [1.29, 1.82) is 0 Å². The Morgan fingerprint density at radius 1 is 1.14 bits per heavy atom. The monoisotopic (exact) mass is 440 g/mol. The lowest BCUT2D eigenvalue weighted by Crippen LogP contribution is -2.26. The number of halogens is 3. The van der Waals surface area contributed by atoms with E-state index in [1.54, 1.807) is 19.4 Å². The minimum Gasteiger partial charge on any atom is -0.383 e. The van der Waals surface area contributed by atoms with Gasteiger partial charge in [-0.05, 0) is 18.2 Å². The van der Waals surface area contributed by atoms with Crippen molar-refractivity contribution in [3.05, 3.63) is 56.8 Å². The van der Waals surface area contributed by atoms with E-state index in [0.29, 0.717) is 40.5 Å². The Morgan fingerprint density at radius 2 is 1.86 bits per heavy atom. The van der Waals surface area contributed by atoms with E-state index in [2.05, 4.69) is 20.6 Å². The number of methoxy groups -OCH3 is 1. The fraction of sp³-hybridized carbons (Fsp3) is 0.167. The van der Waals surface area contributed by atoms with Crippen molar-refractivity contribution in [2.75, 3.05) is 25.6 Å². The lowest BCUT2D eigenvalue weighted by Gasteiger charge is -2.09. The van der Waals surface area contributed by atoms with Crippen molar-refractivity contribution in [3.63, 3.8) is 0 Å². The molecule has 10 heteroatoms. The smallest absolute Gasteiger partial charge is 0.258 e. The average molecular weight is 442 g/mol. The number of fused-ring (bicyclic) bond motifs is 1. The number of nitrogens with one attached hydrogen (secondary N) is 3. The van der Waals surface area contributed by atoms with E-state index in [0.717, 1.165) is 0 Å². The molecule has 3 rings (SSSR count). The third-order valence-corrected chi connectivity index (χ3v) is 4.67. The van der Waals surface area contributed by atoms with Crippen LogP contribution < -0.4 is 10.6 Å². The van der Waals surface area contributed by atoms with Gasteiger partial charge in [-0.1, -0.05) is 34.8 Å². The Balaban J connectivity index is 1.85. The van der Waals surface area contributed by atoms with Gasteiger partial charge >= 0.3 is 0 Å². The first kappa shape index (κ1) is 20.4. The number of aromatic nitrogens is 2. The molecule has 0 saturated carbocycles. The van der Waals surface area contributed by atoms with Crippen molar-refractivity contribution in [1.82, 2.24) is 15.3 Å². The van der Waals surface area contributed by atoms with Crippen LogP contribution in [0.2, 0.25) is 15.1 Å². The first-order chi connectivity index (χ1) is 13.4. The molecule has 0 fully saturated rings. The predicted octanol–water partition coefficient (Wildman–Crippen LogP) is 4.15. The zero-order valence-corrected chi connectivity index (χ0v) is 16.9. The van der Waals surface area contributed by atoms with Crippen molar-refractivity contribution in [3.8, 4) is 0 Å². The zero-order chi connectivity index (χ0) is 20.3. The predicted molar refractivity (Wildman–Crippen MR) is 110 cm³/mol. The highest BCUT2D eigenvalue weighted by atomic mass is 35.5. The Hall–Kier alpha value is -2.32. The van der Waals surface area contributed by atoms with Gasteiger partial charge in [0.2, 0.25) is 0 Å². The fourth-order valence-corrected chi connectivity index (χ4v) is 3.56. The summed E-state index contributed by atoms with van der Waals surface area (Å²) in [5.41, 5.74) is 1.39. The number of carbonyl (C=O) groups is 2. The van der Waals surface area contributed by atoms with Gasteiger partial charge < -0.3 is 20.4 Å². The summed E-state index contributed by atoms with van der Waals surface area (Å²) in [5, 5.41) is 6.56. The first-order valence-electron chi connectivity index (χ1n) is 8.11. The molecule has 146 valence electrons. The van der Waals surface area contributed by atoms with Gasteiger partial charge in [0.15, 0.2) is 0 Å². The highest BCUT2D eigenvalue weighted by molar-refractivity contribution is 6.42. The minimum absolute atomic E-state index is 0.0967. The number of amides is 2. The van der Waals surface area contributed by atoms with Crippen LogP contribution in [0.5, 0.6) is 0 Å². The number of H-pyrrole nitrogens is 1. The van der Waals surface area contributed by atoms with Gasteiger partial charge in [0, 0.05) is 30.3 Å². The molecule has 0 aliphatic heterocycles. The molecule has 0 aliphatic rings. The SMILES string of the molecule is COCCNC(=O)c1c[nH]c2ncc(NC(=O)c3c(Cl)cc(Cl)cc3Cl)cc12. The van der Waals surface area contributed by atoms with E-state index in [1.807, 2.05) is 0 Å². The van der Waals surface area contributed by atoms with Crippen molar-refractivity contribution < 1.29 is 14.3 Å². The molecule has 0 saturated heterocycles. The van der Waals surface area contributed by atoms with Crippen LogP contribution >= 0.6 is 34.8 Å². The Labute approximate surface area is 175 Å². The Kier molecular flexibility index (Phi) is 6.41. The summed E-state index contributed by atoms with van der Waals surface area (Å²) in [6.07, 6.45) is 3.01. The third-order valence-electron chi connectivity index (χ3n) is 3.86. The van der Waals surface area contributed by atoms with Crippen LogP contribution in [0.4, 0.5) is 5.69 Å². The summed E-state index contributed by atoms with van der Waals surface area (Å²) >= 11 is 18.0. The molecule has 3 aromatic rings. The molecule has 2 heterocycles. The average Bonchev–Trinajstić information content (AvgIpc) is 3.04. The first-order valence-corrected chi connectivity index (χ1v) is 9.24. The van der Waals surface area contributed by atoms with E-state index >= 15 is 0 Å². The normalized spacial score (nSPS) is 10.9. The number of ether oxygens (including phenoxy) is 1. The maximum absolute atomic E-state index is 12.6. The van der Waals surface area contributed by atoms with Gasteiger partial charge in [0.25, 0.3) is 11.8 Å². The van der Waals surface area contributed by atoms with Crippen molar-refractivity contribution in [2.45, 2.75) is 0 Å². The van der Waals surface area contributed by atoms with Crippen LogP contribution in [-0.4, -0.2) is 42.0 Å². The van der Waals surface area contributed by atoms with Crippen LogP contribution in [0.15, 0.2) is 30.6 Å². The Bertz CT molecular complexity index is 1030. The largest absolute Gasteiger partial charge is 0.383 e. The summed E-state index contributed by atoms with van der Waals surface area (Å²) in [5.74, 6) is -0.799. The molecule has 28 heavy (non-hydrogen) atoms. The number of nitrogens with zero attached hydrogens (tertiary/aromatic N) is 1. The van der Waals surface area contributed by atoms with E-state index < -0.39 is 5.91 Å². The fourth-order valence-electron chi connectivity index (χ4n) is 2.57. The zero-order valence-electron chi connectivity index (χ0n) is 14.6. The molecule has 0 unspecified atom stereocenters. The van der Waals surface area contributed by atoms with Crippen molar-refractivity contribution in [2.24, 2.45) is 0 Å². The lowest BCUT2D eigenvalue weighted by atomic mass is 10.2. The summed E-state index contributed by atoms with van der Waals surface area (Å²) in [6, 6.07) is 4.50. The van der Waals surface area contributed by atoms with E-state index in [-0.39, 0.29) is 21.5 Å². The molecule has 1 aromatic carbocycles. The van der Waals surface area contributed by atoms with E-state index in [9.17, 15) is 9.59 Å². The number of aromatic amines is 1. The van der Waals surface area contributed by atoms with Crippen LogP contribution in [0.25, 0.3) is 11.0 Å². The Morgan fingerprint density at radius 3 is 2.54 bits per heavy atom. The number of pyridine rings is 1. The second kappa shape index (κ2) is 8.79. The minimum atomic E-state index is -0.519. The highest BCUT2D eigenvalue weighted by Gasteiger charge is 2.18. The van der Waals surface area contributed by atoms with Crippen LogP contribution in [0.3, 0.4) is 0 Å². The number of anilines is 1. The molecule has 3 N–H and O–H groups in total. The summed E-state index contributed by atoms with van der Waals surface area (Å²) in [7, 11) is 1.55. The number of hydrogen-bond acceptors (Lipinski definition) is 4. The molecule has 2 amide bonds. The van der Waals surface area contributed by atoms with E-state index in [1.165, 1.54) is 18.3 Å². The number of hydrogen-bond donors (Lipinski definition) is 3. The molecule has 0 spiro atoms. The molecular weight excluding hydrogens is 427 g/mol. The molecular formula is C18H15Cl3N4O3. The quantitative estimate of drug-likeness (QED) is 0.501. The van der Waals surface area contributed by atoms with Gasteiger partial charge in [0.05, 0.1) is 39.7 Å². The lowest BCUT2D eigenvalue weighted by molar-refractivity contribution is 0.0938. The molecule has 0 atom stereocenters. The molecule has 0 bridgehead atoms. The number of benzene rings is 1. The van der Waals surface area contributed by atoms with Gasteiger partial charge in [0.1, 0.15) is 5.65 Å². The van der Waals surface area contributed by atoms with Crippen molar-refractivity contribution >= 4 is 63.3 Å². The maximum atomic E-state index is 12.6. The summed E-state index contributed by atoms with van der Waals surface area (Å²) in [6.45, 7) is 0.774. The van der Waals surface area contributed by atoms with Gasteiger partial charge in [-0.3, -0.25) is 9.59 Å². The second-order valence-corrected chi connectivity index (χ2v) is 7.02. The number of rotatable bonds is 6. The number of carbonyl (C=O) groups excluding carboxylic acids is 2. The van der Waals surface area contributed by atoms with Crippen LogP contribution in [0, 0.1) is 0 Å². The molecule has 2 aromatic heterocycles. The maximum Gasteiger partial charge on any atom is 0.258 e. The van der Waals surface area contributed by atoms with Gasteiger partial charge in [-0.25, -0.2) is 4.98 Å². The standard InChI is InChI=1S/C18H15Cl3N4O3/c1-28-3-2-22-17(26)12-8-24-16-11(12)6-10(7-23-16)25-18(27)15-13(20)4-9(19)5-14(15)21/h4-8H,2-3H2,1H3,(H,22,26)(H,23,24)(H,25,27). The van der Waals surface area contributed by atoms with E-state index in [4.69, 9.17) is 39.5 Å². The van der Waals surface area contributed by atoms with Gasteiger partial charge in [-0.2, -0.15) is 0 Å².